The van der Waals surface area contributed by atoms with Gasteiger partial charge >= 0.3 is 12.1 Å². The molecule has 1 aromatic heterocycles. The molecule has 1 aromatic carbocycles. The maximum atomic E-state index is 12.5. The lowest BCUT2D eigenvalue weighted by molar-refractivity contribution is -0.148. The molecule has 1 atom stereocenters. The summed E-state index contributed by atoms with van der Waals surface area (Å²) in [6, 6.07) is 7.57. The largest absolute Gasteiger partial charge is 0.452 e. The zero-order valence-electron chi connectivity index (χ0n) is 15.8. The van der Waals surface area contributed by atoms with Crippen LogP contribution in [-0.2, 0) is 25.5 Å². The van der Waals surface area contributed by atoms with E-state index in [0.717, 1.165) is 16.5 Å². The molecule has 0 bridgehead atoms. The molecule has 0 radical (unpaired) electrons. The molecule has 27 heavy (non-hydrogen) atoms. The fourth-order valence-electron chi connectivity index (χ4n) is 3.06. The maximum absolute atomic E-state index is 12.5. The Morgan fingerprint density at radius 2 is 2.04 bits per heavy atom. The fraction of sp³-hybridized carbons (Fsp3) is 0.450. The molecule has 0 saturated carbocycles. The number of benzene rings is 1. The molecule has 1 aliphatic heterocycles. The van der Waals surface area contributed by atoms with Crippen molar-refractivity contribution in [2.45, 2.75) is 51.7 Å². The molecule has 7 heteroatoms. The van der Waals surface area contributed by atoms with Crippen molar-refractivity contribution in [1.82, 2.24) is 9.88 Å². The minimum atomic E-state index is -0.694. The number of rotatable bonds is 4. The third-order valence-corrected chi connectivity index (χ3v) is 4.26. The smallest absolute Gasteiger partial charge is 0.419 e. The summed E-state index contributed by atoms with van der Waals surface area (Å²) in [5, 5.41) is 3.73. The number of hydrogen-bond donors (Lipinski definition) is 1. The van der Waals surface area contributed by atoms with Gasteiger partial charge in [0.2, 0.25) is 0 Å². The van der Waals surface area contributed by atoms with E-state index < -0.39 is 17.8 Å². The number of aromatic nitrogens is 1. The van der Waals surface area contributed by atoms with Crippen LogP contribution in [0.5, 0.6) is 0 Å². The molecule has 2 aromatic rings. The van der Waals surface area contributed by atoms with E-state index in [-0.39, 0.29) is 18.3 Å². The summed E-state index contributed by atoms with van der Waals surface area (Å²) in [5.41, 5.74) is 1.10. The van der Waals surface area contributed by atoms with Crippen LogP contribution in [0, 0.1) is 0 Å². The Bertz CT molecular complexity index is 878. The Labute approximate surface area is 157 Å². The van der Waals surface area contributed by atoms with Crippen molar-refractivity contribution in [1.29, 1.82) is 0 Å². The van der Waals surface area contributed by atoms with Crippen LogP contribution in [0.1, 0.15) is 39.2 Å². The van der Waals surface area contributed by atoms with Crippen LogP contribution in [0.2, 0.25) is 0 Å². The predicted molar refractivity (Wildman–Crippen MR) is 99.4 cm³/mol. The number of hydrogen-bond acceptors (Lipinski definition) is 5. The summed E-state index contributed by atoms with van der Waals surface area (Å²) in [6.07, 6.45) is 1.86. The first-order valence-corrected chi connectivity index (χ1v) is 9.04. The van der Waals surface area contributed by atoms with Crippen molar-refractivity contribution in [2.24, 2.45) is 0 Å². The quantitative estimate of drug-likeness (QED) is 0.834. The molecule has 1 fully saturated rings. The van der Waals surface area contributed by atoms with Gasteiger partial charge in [0.1, 0.15) is 5.60 Å². The highest BCUT2D eigenvalue weighted by molar-refractivity contribution is 5.92. The molecule has 0 spiro atoms. The molecule has 1 N–H and O–H groups in total. The minimum Gasteiger partial charge on any atom is -0.452 e. The maximum Gasteiger partial charge on any atom is 0.419 e. The first-order valence-electron chi connectivity index (χ1n) is 9.04. The van der Waals surface area contributed by atoms with Crippen molar-refractivity contribution < 1.29 is 23.9 Å². The van der Waals surface area contributed by atoms with E-state index in [1.54, 1.807) is 6.20 Å². The first kappa shape index (κ1) is 18.9. The topological polar surface area (TPSA) is 86.6 Å². The zero-order valence-corrected chi connectivity index (χ0v) is 15.8. The van der Waals surface area contributed by atoms with Crippen molar-refractivity contribution in [3.05, 3.63) is 36.0 Å². The normalized spacial score (nSPS) is 17.0. The van der Waals surface area contributed by atoms with E-state index in [2.05, 4.69) is 5.32 Å². The average Bonchev–Trinajstić information content (AvgIpc) is 3.18. The number of cyclic esters (lactones) is 1. The highest BCUT2D eigenvalue weighted by atomic mass is 16.6. The average molecular weight is 372 g/mol. The van der Waals surface area contributed by atoms with Crippen LogP contribution in [0.25, 0.3) is 10.9 Å². The van der Waals surface area contributed by atoms with Crippen LogP contribution in [0.15, 0.2) is 30.5 Å². The lowest BCUT2D eigenvalue weighted by Crippen LogP contribution is -2.35. The second-order valence-electron chi connectivity index (χ2n) is 7.58. The van der Waals surface area contributed by atoms with Gasteiger partial charge in [-0.2, -0.15) is 0 Å². The summed E-state index contributed by atoms with van der Waals surface area (Å²) in [4.78, 5) is 35.7. The Hall–Kier alpha value is -2.83. The van der Waals surface area contributed by atoms with Crippen LogP contribution in [0.4, 0.5) is 4.79 Å². The second kappa shape index (κ2) is 7.42. The third kappa shape index (κ3) is 4.48. The SMILES string of the molecule is CC(C)(C)OC(=O)n1cc(CCNC(=O)[C@@H]2CCC(=O)O2)c2ccccc21. The van der Waals surface area contributed by atoms with Crippen molar-refractivity contribution in [2.75, 3.05) is 6.54 Å². The van der Waals surface area contributed by atoms with Crippen LogP contribution < -0.4 is 5.32 Å². The highest BCUT2D eigenvalue weighted by Crippen LogP contribution is 2.23. The lowest BCUT2D eigenvalue weighted by atomic mass is 10.1. The molecule has 0 aliphatic carbocycles. The molecule has 1 saturated heterocycles. The van der Waals surface area contributed by atoms with Crippen molar-refractivity contribution in [3.8, 4) is 0 Å². The molecule has 1 aliphatic rings. The first-order chi connectivity index (χ1) is 12.7. The molecule has 2 heterocycles. The highest BCUT2D eigenvalue weighted by Gasteiger charge is 2.29. The van der Waals surface area contributed by atoms with Gasteiger partial charge in [0.25, 0.3) is 5.91 Å². The Kier molecular flexibility index (Phi) is 5.21. The van der Waals surface area contributed by atoms with E-state index in [0.29, 0.717) is 19.4 Å². The second-order valence-corrected chi connectivity index (χ2v) is 7.58. The van der Waals surface area contributed by atoms with Gasteiger partial charge in [0.15, 0.2) is 6.10 Å². The Balaban J connectivity index is 1.70. The minimum absolute atomic E-state index is 0.279. The van der Waals surface area contributed by atoms with Crippen molar-refractivity contribution >= 4 is 28.9 Å². The standard InChI is InChI=1S/C20H24N2O5/c1-20(2,3)27-19(25)22-12-13(14-6-4-5-7-15(14)22)10-11-21-18(24)16-8-9-17(23)26-16/h4-7,12,16H,8-11H2,1-3H3,(H,21,24)/t16-/m0/s1. The summed E-state index contributed by atoms with van der Waals surface area (Å²) in [6.45, 7) is 5.85. The van der Waals surface area contributed by atoms with E-state index in [1.807, 2.05) is 45.0 Å². The summed E-state index contributed by atoms with van der Waals surface area (Å²) < 4.78 is 11.9. The van der Waals surface area contributed by atoms with Crippen molar-refractivity contribution in [3.63, 3.8) is 0 Å². The molecule has 0 unspecified atom stereocenters. The number of fused-ring (bicyclic) bond motifs is 1. The van der Waals surface area contributed by atoms with Gasteiger partial charge in [-0.3, -0.25) is 14.2 Å². The van der Waals surface area contributed by atoms with Gasteiger partial charge in [-0.15, -0.1) is 0 Å². The van der Waals surface area contributed by atoms with Crippen LogP contribution >= 0.6 is 0 Å². The van der Waals surface area contributed by atoms with E-state index in [1.165, 1.54) is 4.57 Å². The molecule has 3 rings (SSSR count). The molecule has 1 amide bonds. The third-order valence-electron chi connectivity index (χ3n) is 4.26. The number of carbonyl (C=O) groups excluding carboxylic acids is 3. The molecule has 7 nitrogen and oxygen atoms in total. The van der Waals surface area contributed by atoms with E-state index >= 15 is 0 Å². The number of esters is 1. The molecular formula is C20H24N2O5. The number of ether oxygens (including phenoxy) is 2. The van der Waals surface area contributed by atoms with E-state index in [4.69, 9.17) is 9.47 Å². The van der Waals surface area contributed by atoms with Gasteiger partial charge in [-0.25, -0.2) is 4.79 Å². The number of nitrogens with zero attached hydrogens (tertiary/aromatic N) is 1. The Morgan fingerprint density at radius 1 is 1.30 bits per heavy atom. The van der Waals surface area contributed by atoms with Gasteiger partial charge in [0.05, 0.1) is 5.52 Å². The van der Waals surface area contributed by atoms with E-state index in [9.17, 15) is 14.4 Å². The van der Waals surface area contributed by atoms with Gasteiger partial charge in [-0.1, -0.05) is 18.2 Å². The summed E-state index contributed by atoms with van der Waals surface area (Å²) >= 11 is 0. The molecular weight excluding hydrogens is 348 g/mol. The van der Waals surface area contributed by atoms with Crippen LogP contribution in [0.3, 0.4) is 0 Å². The lowest BCUT2D eigenvalue weighted by Gasteiger charge is -2.19. The van der Waals surface area contributed by atoms with Crippen LogP contribution in [-0.4, -0.2) is 40.8 Å². The number of amides is 1. The monoisotopic (exact) mass is 372 g/mol. The Morgan fingerprint density at radius 3 is 2.70 bits per heavy atom. The summed E-state index contributed by atoms with van der Waals surface area (Å²) in [7, 11) is 0. The fourth-order valence-corrected chi connectivity index (χ4v) is 3.06. The van der Waals surface area contributed by atoms with Gasteiger partial charge in [-0.05, 0) is 38.8 Å². The number of nitrogens with one attached hydrogen (secondary N) is 1. The zero-order chi connectivity index (χ0) is 19.6. The number of para-hydroxylation sites is 1. The summed E-state index contributed by atoms with van der Waals surface area (Å²) in [5.74, 6) is -0.618. The predicted octanol–water partition coefficient (Wildman–Crippen LogP) is 2.79. The van der Waals surface area contributed by atoms with Gasteiger partial charge in [0, 0.05) is 31.0 Å². The van der Waals surface area contributed by atoms with Gasteiger partial charge < -0.3 is 14.8 Å². The molecule has 144 valence electrons. The number of carbonyl (C=O) groups is 3.